The Morgan fingerprint density at radius 2 is 2.00 bits per heavy atom. The molecule has 0 aliphatic carbocycles. The zero-order valence-electron chi connectivity index (χ0n) is 14.2. The van der Waals surface area contributed by atoms with Crippen LogP contribution in [0.25, 0.3) is 0 Å². The number of hydrogen-bond donors (Lipinski definition) is 0. The van der Waals surface area contributed by atoms with E-state index in [4.69, 9.17) is 9.47 Å². The molecule has 1 heterocycles. The van der Waals surface area contributed by atoms with Crippen LogP contribution < -0.4 is 9.47 Å². The Bertz CT molecular complexity index is 720. The molecule has 0 saturated carbocycles. The summed E-state index contributed by atoms with van der Waals surface area (Å²) in [6.45, 7) is 8.63. The number of halogens is 1. The van der Waals surface area contributed by atoms with Crippen molar-refractivity contribution < 1.29 is 13.9 Å². The first-order valence-corrected chi connectivity index (χ1v) is 8.07. The average molecular weight is 314 g/mol. The van der Waals surface area contributed by atoms with Crippen molar-refractivity contribution in [1.29, 1.82) is 0 Å². The van der Waals surface area contributed by atoms with E-state index in [0.717, 1.165) is 29.0 Å². The molecule has 2 aromatic rings. The van der Waals surface area contributed by atoms with Crippen LogP contribution in [0.15, 0.2) is 36.4 Å². The van der Waals surface area contributed by atoms with Crippen molar-refractivity contribution in [3.8, 4) is 11.5 Å². The fraction of sp³-hybridized carbons (Fsp3) is 0.400. The molecule has 0 radical (unpaired) electrons. The Labute approximate surface area is 137 Å². The van der Waals surface area contributed by atoms with Gasteiger partial charge in [0.15, 0.2) is 0 Å². The summed E-state index contributed by atoms with van der Waals surface area (Å²) in [5.74, 6) is 1.78. The standard InChI is InChI=1S/C20H23FO2/c1-13(2)14-6-5-7-18(10-14)22-12-16-9-17(21)8-15-11-20(3,4)23-19(15)16/h5-10,13H,11-12H2,1-4H3. The van der Waals surface area contributed by atoms with Crippen molar-refractivity contribution in [1.82, 2.24) is 0 Å². The minimum Gasteiger partial charge on any atom is -0.489 e. The van der Waals surface area contributed by atoms with Crippen molar-refractivity contribution in [3.63, 3.8) is 0 Å². The molecule has 0 spiro atoms. The molecule has 0 atom stereocenters. The van der Waals surface area contributed by atoms with Gasteiger partial charge in [-0.2, -0.15) is 0 Å². The third kappa shape index (κ3) is 3.49. The van der Waals surface area contributed by atoms with Gasteiger partial charge >= 0.3 is 0 Å². The maximum absolute atomic E-state index is 13.9. The molecule has 0 N–H and O–H groups in total. The third-order valence-corrected chi connectivity index (χ3v) is 4.12. The Hall–Kier alpha value is -2.03. The van der Waals surface area contributed by atoms with E-state index in [-0.39, 0.29) is 11.4 Å². The molecular weight excluding hydrogens is 291 g/mol. The highest BCUT2D eigenvalue weighted by Crippen LogP contribution is 2.38. The summed E-state index contributed by atoms with van der Waals surface area (Å²) in [5.41, 5.74) is 2.62. The molecule has 2 aromatic carbocycles. The second-order valence-electron chi connectivity index (χ2n) is 7.11. The first kappa shape index (κ1) is 15.9. The van der Waals surface area contributed by atoms with Crippen LogP contribution in [0.5, 0.6) is 11.5 Å². The third-order valence-electron chi connectivity index (χ3n) is 4.12. The molecule has 122 valence electrons. The minimum absolute atomic E-state index is 0.236. The van der Waals surface area contributed by atoms with Gasteiger partial charge in [0.1, 0.15) is 29.5 Å². The lowest BCUT2D eigenvalue weighted by Gasteiger charge is -2.18. The van der Waals surface area contributed by atoms with Crippen molar-refractivity contribution in [3.05, 3.63) is 58.9 Å². The molecule has 23 heavy (non-hydrogen) atoms. The van der Waals surface area contributed by atoms with Crippen LogP contribution in [-0.4, -0.2) is 5.60 Å². The Balaban J connectivity index is 1.81. The van der Waals surface area contributed by atoms with Crippen molar-refractivity contribution in [2.24, 2.45) is 0 Å². The van der Waals surface area contributed by atoms with Crippen molar-refractivity contribution in [2.45, 2.75) is 52.2 Å². The maximum Gasteiger partial charge on any atom is 0.130 e. The monoisotopic (exact) mass is 314 g/mol. The largest absolute Gasteiger partial charge is 0.489 e. The summed E-state index contributed by atoms with van der Waals surface area (Å²) in [4.78, 5) is 0. The molecule has 3 heteroatoms. The molecule has 0 bridgehead atoms. The summed E-state index contributed by atoms with van der Waals surface area (Å²) < 4.78 is 25.7. The molecule has 0 amide bonds. The highest BCUT2D eigenvalue weighted by Gasteiger charge is 2.32. The number of hydrogen-bond acceptors (Lipinski definition) is 2. The van der Waals surface area contributed by atoms with Crippen LogP contribution in [0.4, 0.5) is 4.39 Å². The zero-order chi connectivity index (χ0) is 16.6. The summed E-state index contributed by atoms with van der Waals surface area (Å²) in [7, 11) is 0. The topological polar surface area (TPSA) is 18.5 Å². The smallest absolute Gasteiger partial charge is 0.130 e. The van der Waals surface area contributed by atoms with Crippen molar-refractivity contribution >= 4 is 0 Å². The van der Waals surface area contributed by atoms with E-state index in [9.17, 15) is 4.39 Å². The van der Waals surface area contributed by atoms with Gasteiger partial charge < -0.3 is 9.47 Å². The van der Waals surface area contributed by atoms with Crippen LogP contribution >= 0.6 is 0 Å². The highest BCUT2D eigenvalue weighted by atomic mass is 19.1. The Morgan fingerprint density at radius 1 is 1.22 bits per heavy atom. The minimum atomic E-state index is -0.289. The zero-order valence-corrected chi connectivity index (χ0v) is 14.2. The highest BCUT2D eigenvalue weighted by molar-refractivity contribution is 5.46. The van der Waals surface area contributed by atoms with Crippen LogP contribution in [0, 0.1) is 5.82 Å². The van der Waals surface area contributed by atoms with Gasteiger partial charge in [-0.1, -0.05) is 26.0 Å². The first-order chi connectivity index (χ1) is 10.8. The van der Waals surface area contributed by atoms with E-state index < -0.39 is 0 Å². The van der Waals surface area contributed by atoms with E-state index in [2.05, 4.69) is 19.9 Å². The fourth-order valence-corrected chi connectivity index (χ4v) is 2.98. The molecule has 0 unspecified atom stereocenters. The molecule has 1 aliphatic heterocycles. The van der Waals surface area contributed by atoms with E-state index in [1.807, 2.05) is 32.0 Å². The van der Waals surface area contributed by atoms with Gasteiger partial charge in [-0.15, -0.1) is 0 Å². The van der Waals surface area contributed by atoms with E-state index >= 15 is 0 Å². The molecule has 0 aromatic heterocycles. The lowest BCUT2D eigenvalue weighted by Crippen LogP contribution is -2.25. The number of fused-ring (bicyclic) bond motifs is 1. The molecule has 1 aliphatic rings. The predicted molar refractivity (Wildman–Crippen MR) is 89.7 cm³/mol. The fourth-order valence-electron chi connectivity index (χ4n) is 2.98. The van der Waals surface area contributed by atoms with E-state index in [1.54, 1.807) is 6.07 Å². The van der Waals surface area contributed by atoms with Gasteiger partial charge in [0, 0.05) is 17.5 Å². The summed E-state index contributed by atoms with van der Waals surface area (Å²) in [5, 5.41) is 0. The Kier molecular flexibility index (Phi) is 4.05. The molecule has 0 fully saturated rings. The lowest BCUT2D eigenvalue weighted by molar-refractivity contribution is 0.135. The number of ether oxygens (including phenoxy) is 2. The van der Waals surface area contributed by atoms with Crippen LogP contribution in [0.2, 0.25) is 0 Å². The van der Waals surface area contributed by atoms with Gasteiger partial charge in [-0.05, 0) is 49.6 Å². The second-order valence-corrected chi connectivity index (χ2v) is 7.11. The molecular formula is C20H23FO2. The van der Waals surface area contributed by atoms with Crippen LogP contribution in [-0.2, 0) is 13.0 Å². The maximum atomic E-state index is 13.9. The normalized spacial score (nSPS) is 15.4. The SMILES string of the molecule is CC(C)c1cccc(OCc2cc(F)cc3c2OC(C)(C)C3)c1. The van der Waals surface area contributed by atoms with Gasteiger partial charge in [0.05, 0.1) is 0 Å². The Morgan fingerprint density at radius 3 is 2.74 bits per heavy atom. The molecule has 0 saturated heterocycles. The van der Waals surface area contributed by atoms with Gasteiger partial charge in [-0.25, -0.2) is 4.39 Å². The van der Waals surface area contributed by atoms with Crippen molar-refractivity contribution in [2.75, 3.05) is 0 Å². The predicted octanol–water partition coefficient (Wildman–Crippen LogP) is 5.24. The lowest BCUT2D eigenvalue weighted by atomic mass is 10.0. The van der Waals surface area contributed by atoms with Gasteiger partial charge in [-0.3, -0.25) is 0 Å². The molecule has 2 nitrogen and oxygen atoms in total. The van der Waals surface area contributed by atoms with Crippen LogP contribution in [0.3, 0.4) is 0 Å². The van der Waals surface area contributed by atoms with E-state index in [1.165, 1.54) is 11.6 Å². The summed E-state index contributed by atoms with van der Waals surface area (Å²) >= 11 is 0. The van der Waals surface area contributed by atoms with Gasteiger partial charge in [0.2, 0.25) is 0 Å². The van der Waals surface area contributed by atoms with Crippen LogP contribution in [0.1, 0.15) is 50.3 Å². The summed E-state index contributed by atoms with van der Waals surface area (Å²) in [6.07, 6.45) is 0.718. The summed E-state index contributed by atoms with van der Waals surface area (Å²) in [6, 6.07) is 11.1. The average Bonchev–Trinajstić information content (AvgIpc) is 2.79. The number of rotatable bonds is 4. The van der Waals surface area contributed by atoms with E-state index in [0.29, 0.717) is 12.5 Å². The van der Waals surface area contributed by atoms with Gasteiger partial charge in [0.25, 0.3) is 0 Å². The quantitative estimate of drug-likeness (QED) is 0.768. The second kappa shape index (κ2) is 5.88. The molecule has 3 rings (SSSR count). The first-order valence-electron chi connectivity index (χ1n) is 8.07. The number of benzene rings is 2.